The first kappa shape index (κ1) is 17.3. The molecule has 0 unspecified atom stereocenters. The number of unbranched alkanes of at least 4 members (excludes halogenated alkanes) is 3. The Kier molecular flexibility index (Phi) is 12.9. The fraction of sp³-hybridized carbons (Fsp3) is 1.00. The molecule has 104 valence electrons. The zero-order valence-corrected chi connectivity index (χ0v) is 13.1. The Morgan fingerprint density at radius 3 is 2.41 bits per heavy atom. The van der Waals surface area contributed by atoms with E-state index in [0.29, 0.717) is 0 Å². The van der Waals surface area contributed by atoms with Crippen LogP contribution in [0.2, 0.25) is 0 Å². The van der Waals surface area contributed by atoms with E-state index >= 15 is 0 Å². The second-order valence-corrected chi connectivity index (χ2v) is 6.29. The Morgan fingerprint density at radius 1 is 1.06 bits per heavy atom. The third-order valence-corrected chi connectivity index (χ3v) is 3.46. The van der Waals surface area contributed by atoms with Crippen molar-refractivity contribution in [3.8, 4) is 0 Å². The molecule has 0 heterocycles. The van der Waals surface area contributed by atoms with E-state index in [0.717, 1.165) is 12.5 Å². The molecule has 0 bridgehead atoms. The molecule has 1 N–H and O–H groups in total. The van der Waals surface area contributed by atoms with Gasteiger partial charge >= 0.3 is 0 Å². The summed E-state index contributed by atoms with van der Waals surface area (Å²) in [6, 6.07) is 0. The van der Waals surface area contributed by atoms with Gasteiger partial charge in [0.1, 0.15) is 0 Å². The maximum atomic E-state index is 3.50. The van der Waals surface area contributed by atoms with Gasteiger partial charge < -0.3 is 10.2 Å². The van der Waals surface area contributed by atoms with Gasteiger partial charge in [-0.15, -0.1) is 0 Å². The molecule has 0 rings (SSSR count). The summed E-state index contributed by atoms with van der Waals surface area (Å²) in [7, 11) is 2.24. The van der Waals surface area contributed by atoms with E-state index in [1.54, 1.807) is 0 Å². The van der Waals surface area contributed by atoms with E-state index in [4.69, 9.17) is 0 Å². The lowest BCUT2D eigenvalue weighted by atomic mass is 10.2. The lowest BCUT2D eigenvalue weighted by Gasteiger charge is -2.15. The average Bonchev–Trinajstić information content (AvgIpc) is 2.29. The van der Waals surface area contributed by atoms with Crippen molar-refractivity contribution < 1.29 is 0 Å². The van der Waals surface area contributed by atoms with Gasteiger partial charge in [-0.3, -0.25) is 0 Å². The first-order chi connectivity index (χ1) is 8.16. The molecule has 0 aliphatic heterocycles. The highest BCUT2D eigenvalue weighted by atomic mass is 32.2. The number of thioether (sulfide) groups is 1. The Morgan fingerprint density at radius 2 is 1.76 bits per heavy atom. The van der Waals surface area contributed by atoms with E-state index in [2.05, 4.69) is 37.4 Å². The smallest absolute Gasteiger partial charge is 0.00692 e. The molecule has 0 amide bonds. The van der Waals surface area contributed by atoms with E-state index in [1.165, 1.54) is 51.1 Å². The first-order valence-electron chi connectivity index (χ1n) is 7.05. The molecule has 0 aromatic rings. The van der Waals surface area contributed by atoms with Crippen molar-refractivity contribution in [1.82, 2.24) is 10.2 Å². The predicted molar refractivity (Wildman–Crippen MR) is 82.1 cm³/mol. The van der Waals surface area contributed by atoms with Crippen LogP contribution in [0.1, 0.15) is 39.5 Å². The molecule has 0 spiro atoms. The van der Waals surface area contributed by atoms with Crippen LogP contribution in [-0.4, -0.2) is 50.1 Å². The van der Waals surface area contributed by atoms with Gasteiger partial charge in [0, 0.05) is 12.3 Å². The Hall–Kier alpha value is 0.270. The monoisotopic (exact) mass is 260 g/mol. The van der Waals surface area contributed by atoms with Crippen LogP contribution < -0.4 is 5.32 Å². The largest absolute Gasteiger partial charge is 0.316 e. The topological polar surface area (TPSA) is 15.3 Å². The van der Waals surface area contributed by atoms with Crippen molar-refractivity contribution >= 4 is 11.8 Å². The predicted octanol–water partition coefficient (Wildman–Crippen LogP) is 3.09. The maximum absolute atomic E-state index is 3.50. The van der Waals surface area contributed by atoms with Crippen LogP contribution in [0.25, 0.3) is 0 Å². The Labute approximate surface area is 113 Å². The van der Waals surface area contributed by atoms with Crippen LogP contribution >= 0.6 is 11.8 Å². The summed E-state index contributed by atoms with van der Waals surface area (Å²) in [5.74, 6) is 2.04. The van der Waals surface area contributed by atoms with Gasteiger partial charge in [-0.25, -0.2) is 0 Å². The van der Waals surface area contributed by atoms with Crippen molar-refractivity contribution in [3.05, 3.63) is 0 Å². The van der Waals surface area contributed by atoms with Crippen molar-refractivity contribution in [3.63, 3.8) is 0 Å². The summed E-state index contributed by atoms with van der Waals surface area (Å²) in [6.07, 6.45) is 7.63. The minimum Gasteiger partial charge on any atom is -0.316 e. The molecule has 0 saturated carbocycles. The van der Waals surface area contributed by atoms with Crippen molar-refractivity contribution in [2.75, 3.05) is 45.2 Å². The molecule has 0 radical (unpaired) electrons. The van der Waals surface area contributed by atoms with Crippen LogP contribution in [0.15, 0.2) is 0 Å². The molecule has 0 aliphatic rings. The lowest BCUT2D eigenvalue weighted by molar-refractivity contribution is 0.343. The number of hydrogen-bond donors (Lipinski definition) is 1. The maximum Gasteiger partial charge on any atom is 0.00692 e. The highest BCUT2D eigenvalue weighted by molar-refractivity contribution is 7.98. The summed E-state index contributed by atoms with van der Waals surface area (Å²) >= 11 is 1.94. The van der Waals surface area contributed by atoms with Crippen LogP contribution in [-0.2, 0) is 0 Å². The molecule has 17 heavy (non-hydrogen) atoms. The van der Waals surface area contributed by atoms with E-state index in [-0.39, 0.29) is 0 Å². The van der Waals surface area contributed by atoms with Gasteiger partial charge in [0.15, 0.2) is 0 Å². The van der Waals surface area contributed by atoms with Crippen LogP contribution in [0.3, 0.4) is 0 Å². The van der Waals surface area contributed by atoms with Crippen molar-refractivity contribution in [1.29, 1.82) is 0 Å². The molecule has 0 aromatic carbocycles. The van der Waals surface area contributed by atoms with Crippen LogP contribution in [0.5, 0.6) is 0 Å². The first-order valence-corrected chi connectivity index (χ1v) is 8.44. The molecule has 0 aliphatic carbocycles. The van der Waals surface area contributed by atoms with Gasteiger partial charge in [0.2, 0.25) is 0 Å². The SMILES string of the molecule is CSCCN(C)CCCCCCNCC(C)C. The highest BCUT2D eigenvalue weighted by Crippen LogP contribution is 2.01. The van der Waals surface area contributed by atoms with Gasteiger partial charge in [-0.05, 0) is 51.7 Å². The molecule has 0 saturated heterocycles. The number of rotatable bonds is 12. The molecular weight excluding hydrogens is 228 g/mol. The zero-order valence-electron chi connectivity index (χ0n) is 12.3. The Bertz CT molecular complexity index is 151. The molecular formula is C14H32N2S. The summed E-state index contributed by atoms with van der Waals surface area (Å²) in [6.45, 7) is 9.38. The number of nitrogens with zero attached hydrogens (tertiary/aromatic N) is 1. The molecule has 3 heteroatoms. The average molecular weight is 260 g/mol. The summed E-state index contributed by atoms with van der Waals surface area (Å²) in [4.78, 5) is 2.45. The minimum atomic E-state index is 0.778. The standard InChI is InChI=1S/C14H32N2S/c1-14(2)13-15-9-7-5-6-8-10-16(3)11-12-17-4/h14-15H,5-13H2,1-4H3. The fourth-order valence-corrected chi connectivity index (χ4v) is 2.23. The van der Waals surface area contributed by atoms with E-state index in [1.807, 2.05) is 11.8 Å². The van der Waals surface area contributed by atoms with Gasteiger partial charge in [-0.1, -0.05) is 26.7 Å². The molecule has 0 fully saturated rings. The lowest BCUT2D eigenvalue weighted by Crippen LogP contribution is -2.22. The van der Waals surface area contributed by atoms with Crippen molar-refractivity contribution in [2.45, 2.75) is 39.5 Å². The quantitative estimate of drug-likeness (QED) is 0.543. The summed E-state index contributed by atoms with van der Waals surface area (Å²) in [5, 5.41) is 3.50. The fourth-order valence-electron chi connectivity index (χ4n) is 1.73. The Balaban J connectivity index is 3.07. The van der Waals surface area contributed by atoms with E-state index < -0.39 is 0 Å². The molecule has 0 atom stereocenters. The summed E-state index contributed by atoms with van der Waals surface area (Å²) in [5.41, 5.74) is 0. The molecule has 0 aromatic heterocycles. The zero-order chi connectivity index (χ0) is 12.9. The molecule has 2 nitrogen and oxygen atoms in total. The number of nitrogens with one attached hydrogen (secondary N) is 1. The summed E-state index contributed by atoms with van der Waals surface area (Å²) < 4.78 is 0. The third kappa shape index (κ3) is 14.2. The van der Waals surface area contributed by atoms with Crippen LogP contribution in [0.4, 0.5) is 0 Å². The second kappa shape index (κ2) is 12.7. The van der Waals surface area contributed by atoms with Crippen LogP contribution in [0, 0.1) is 5.92 Å². The minimum absolute atomic E-state index is 0.778. The highest BCUT2D eigenvalue weighted by Gasteiger charge is 1.97. The second-order valence-electron chi connectivity index (χ2n) is 5.31. The number of hydrogen-bond acceptors (Lipinski definition) is 3. The van der Waals surface area contributed by atoms with Gasteiger partial charge in [0.05, 0.1) is 0 Å². The van der Waals surface area contributed by atoms with Crippen molar-refractivity contribution in [2.24, 2.45) is 5.92 Å². The normalized spacial score (nSPS) is 11.6. The third-order valence-electron chi connectivity index (χ3n) is 2.87. The van der Waals surface area contributed by atoms with Gasteiger partial charge in [-0.2, -0.15) is 11.8 Å². The van der Waals surface area contributed by atoms with E-state index in [9.17, 15) is 0 Å². The van der Waals surface area contributed by atoms with Gasteiger partial charge in [0.25, 0.3) is 0 Å².